The molecule has 1 aliphatic rings. The SMILES string of the molecule is CCOC(=O)c1c(NC(=O)C(=O)N/N=C/c2ccc(OCc3ccc(Cl)cc3)c(OCC)c2)sc2c1CCC(C)C2. The van der Waals surface area contributed by atoms with E-state index >= 15 is 0 Å². The lowest BCUT2D eigenvalue weighted by Gasteiger charge is -2.18. The highest BCUT2D eigenvalue weighted by molar-refractivity contribution is 7.17. The van der Waals surface area contributed by atoms with Gasteiger partial charge in [-0.15, -0.1) is 11.3 Å². The molecule has 0 aliphatic heterocycles. The number of thiophene rings is 1. The second-order valence-corrected chi connectivity index (χ2v) is 11.0. The lowest BCUT2D eigenvalue weighted by Crippen LogP contribution is -2.32. The molecule has 9 nitrogen and oxygen atoms in total. The van der Waals surface area contributed by atoms with Crippen molar-refractivity contribution in [2.45, 2.75) is 46.6 Å². The number of hydrogen-bond donors (Lipinski definition) is 2. The number of hydrazone groups is 1. The molecule has 0 spiro atoms. The smallest absolute Gasteiger partial charge is 0.341 e. The average Bonchev–Trinajstić information content (AvgIpc) is 3.30. The highest BCUT2D eigenvalue weighted by atomic mass is 35.5. The van der Waals surface area contributed by atoms with Crippen LogP contribution in [0.2, 0.25) is 5.02 Å². The van der Waals surface area contributed by atoms with E-state index in [1.54, 1.807) is 37.3 Å². The number of amides is 2. The van der Waals surface area contributed by atoms with Crippen LogP contribution >= 0.6 is 22.9 Å². The van der Waals surface area contributed by atoms with Gasteiger partial charge in [-0.3, -0.25) is 9.59 Å². The van der Waals surface area contributed by atoms with Gasteiger partial charge in [0.25, 0.3) is 0 Å². The van der Waals surface area contributed by atoms with Gasteiger partial charge in [0.2, 0.25) is 0 Å². The molecule has 3 aromatic rings. The third-order valence-electron chi connectivity index (χ3n) is 6.38. The Morgan fingerprint density at radius 2 is 1.83 bits per heavy atom. The van der Waals surface area contributed by atoms with Crippen molar-refractivity contribution in [3.05, 3.63) is 74.6 Å². The first-order valence-corrected chi connectivity index (χ1v) is 14.6. The maximum absolute atomic E-state index is 12.7. The Bertz CT molecular complexity index is 1440. The number of fused-ring (bicyclic) bond motifs is 1. The van der Waals surface area contributed by atoms with Crippen LogP contribution in [0.25, 0.3) is 0 Å². The number of esters is 1. The monoisotopic (exact) mass is 597 g/mol. The summed E-state index contributed by atoms with van der Waals surface area (Å²) in [6, 6.07) is 12.6. The van der Waals surface area contributed by atoms with E-state index in [9.17, 15) is 14.4 Å². The fourth-order valence-corrected chi connectivity index (χ4v) is 5.89. The van der Waals surface area contributed by atoms with Crippen molar-refractivity contribution in [3.63, 3.8) is 0 Å². The van der Waals surface area contributed by atoms with Gasteiger partial charge in [0.15, 0.2) is 11.5 Å². The van der Waals surface area contributed by atoms with Gasteiger partial charge in [0.05, 0.1) is 25.0 Å². The third kappa shape index (κ3) is 7.86. The number of carbonyl (C=O) groups excluding carboxylic acids is 3. The van der Waals surface area contributed by atoms with Gasteiger partial charge in [-0.05, 0) is 86.1 Å². The topological polar surface area (TPSA) is 115 Å². The predicted octanol–water partition coefficient (Wildman–Crippen LogP) is 5.77. The van der Waals surface area contributed by atoms with Gasteiger partial charge in [-0.1, -0.05) is 30.7 Å². The minimum absolute atomic E-state index is 0.211. The molecule has 2 aromatic carbocycles. The van der Waals surface area contributed by atoms with E-state index in [0.717, 1.165) is 35.3 Å². The van der Waals surface area contributed by atoms with Crippen LogP contribution < -0.4 is 20.2 Å². The van der Waals surface area contributed by atoms with E-state index in [4.69, 9.17) is 25.8 Å². The summed E-state index contributed by atoms with van der Waals surface area (Å²) in [5.41, 5.74) is 5.04. The molecule has 11 heteroatoms. The van der Waals surface area contributed by atoms with Gasteiger partial charge >= 0.3 is 17.8 Å². The van der Waals surface area contributed by atoms with Gasteiger partial charge in [-0.2, -0.15) is 5.10 Å². The number of rotatable bonds is 10. The molecule has 1 atom stereocenters. The Morgan fingerprint density at radius 3 is 2.56 bits per heavy atom. The van der Waals surface area contributed by atoms with Crippen LogP contribution in [-0.2, 0) is 33.8 Å². The van der Waals surface area contributed by atoms with Crippen LogP contribution in [-0.4, -0.2) is 37.2 Å². The van der Waals surface area contributed by atoms with E-state index in [-0.39, 0.29) is 6.61 Å². The molecule has 0 fully saturated rings. The lowest BCUT2D eigenvalue weighted by atomic mass is 9.88. The molecular weight excluding hydrogens is 566 g/mol. The second kappa shape index (κ2) is 14.1. The Morgan fingerprint density at radius 1 is 1.05 bits per heavy atom. The van der Waals surface area contributed by atoms with Crippen molar-refractivity contribution in [1.82, 2.24) is 5.43 Å². The molecule has 4 rings (SSSR count). The molecule has 0 saturated heterocycles. The van der Waals surface area contributed by atoms with Crippen molar-refractivity contribution < 1.29 is 28.6 Å². The second-order valence-electron chi connectivity index (χ2n) is 9.48. The van der Waals surface area contributed by atoms with Crippen molar-refractivity contribution in [1.29, 1.82) is 0 Å². The Hall–Kier alpha value is -3.89. The zero-order valence-electron chi connectivity index (χ0n) is 23.1. The third-order valence-corrected chi connectivity index (χ3v) is 7.80. The van der Waals surface area contributed by atoms with Gasteiger partial charge in [0.1, 0.15) is 11.6 Å². The Kier molecular flexibility index (Phi) is 10.4. The van der Waals surface area contributed by atoms with Crippen LogP contribution in [0.4, 0.5) is 5.00 Å². The van der Waals surface area contributed by atoms with Crippen molar-refractivity contribution in [2.24, 2.45) is 11.0 Å². The highest BCUT2D eigenvalue weighted by Gasteiger charge is 2.30. The minimum Gasteiger partial charge on any atom is -0.490 e. The summed E-state index contributed by atoms with van der Waals surface area (Å²) in [4.78, 5) is 38.9. The maximum atomic E-state index is 12.7. The molecule has 0 radical (unpaired) electrons. The van der Waals surface area contributed by atoms with Crippen LogP contribution in [0.1, 0.15) is 59.1 Å². The van der Waals surface area contributed by atoms with E-state index in [1.165, 1.54) is 17.6 Å². The summed E-state index contributed by atoms with van der Waals surface area (Å²) < 4.78 is 16.8. The molecule has 216 valence electrons. The molecule has 1 aliphatic carbocycles. The lowest BCUT2D eigenvalue weighted by molar-refractivity contribution is -0.136. The number of nitrogens with zero attached hydrogens (tertiary/aromatic N) is 1. The standard InChI is InChI=1S/C30H32ClN3O6S/c1-4-38-24-15-20(9-13-23(24)40-17-19-7-10-21(31)11-8-19)16-32-34-28(36)27(35)33-29-26(30(37)39-5-2)22-12-6-18(3)14-25(22)41-29/h7-11,13,15-16,18H,4-6,12,14,17H2,1-3H3,(H,33,35)(H,34,36)/b32-16+. The van der Waals surface area contributed by atoms with Crippen LogP contribution in [0.15, 0.2) is 47.6 Å². The van der Waals surface area contributed by atoms with Gasteiger partial charge < -0.3 is 19.5 Å². The fourth-order valence-electron chi connectivity index (χ4n) is 4.37. The number of halogens is 1. The van der Waals surface area contributed by atoms with E-state index < -0.39 is 17.8 Å². The largest absolute Gasteiger partial charge is 0.490 e. The van der Waals surface area contributed by atoms with Gasteiger partial charge in [0, 0.05) is 9.90 Å². The average molecular weight is 598 g/mol. The molecule has 1 aromatic heterocycles. The summed E-state index contributed by atoms with van der Waals surface area (Å²) in [6.45, 7) is 6.70. The summed E-state index contributed by atoms with van der Waals surface area (Å²) in [6.07, 6.45) is 3.88. The number of anilines is 1. The molecule has 1 heterocycles. The van der Waals surface area contributed by atoms with Crippen LogP contribution in [0, 0.1) is 5.92 Å². The summed E-state index contributed by atoms with van der Waals surface area (Å²) in [5, 5.41) is 7.47. The summed E-state index contributed by atoms with van der Waals surface area (Å²) in [5.74, 6) is -0.863. The van der Waals surface area contributed by atoms with Crippen molar-refractivity contribution >= 4 is 51.9 Å². The molecule has 2 amide bonds. The normalized spacial score (nSPS) is 14.3. The van der Waals surface area contributed by atoms with E-state index in [1.807, 2.05) is 19.1 Å². The van der Waals surface area contributed by atoms with E-state index in [0.29, 0.717) is 51.8 Å². The zero-order valence-corrected chi connectivity index (χ0v) is 24.7. The number of ether oxygens (including phenoxy) is 3. The molecule has 1 unspecified atom stereocenters. The summed E-state index contributed by atoms with van der Waals surface area (Å²) in [7, 11) is 0. The fraction of sp³-hybridized carbons (Fsp3) is 0.333. The van der Waals surface area contributed by atoms with Crippen LogP contribution in [0.3, 0.4) is 0 Å². The quantitative estimate of drug-likeness (QED) is 0.133. The number of carbonyl (C=O) groups is 3. The minimum atomic E-state index is -0.969. The van der Waals surface area contributed by atoms with Crippen LogP contribution in [0.5, 0.6) is 11.5 Å². The number of hydrogen-bond acceptors (Lipinski definition) is 8. The molecule has 41 heavy (non-hydrogen) atoms. The zero-order chi connectivity index (χ0) is 29.4. The maximum Gasteiger partial charge on any atom is 0.341 e. The number of benzene rings is 2. The first-order chi connectivity index (χ1) is 19.8. The Balaban J connectivity index is 1.39. The molecule has 0 saturated carbocycles. The molecule has 0 bridgehead atoms. The summed E-state index contributed by atoms with van der Waals surface area (Å²) >= 11 is 7.26. The Labute approximate surface area is 247 Å². The first kappa shape index (κ1) is 30.1. The van der Waals surface area contributed by atoms with Crippen molar-refractivity contribution in [2.75, 3.05) is 18.5 Å². The predicted molar refractivity (Wildman–Crippen MR) is 159 cm³/mol. The van der Waals surface area contributed by atoms with E-state index in [2.05, 4.69) is 22.8 Å². The molecular formula is C30H32ClN3O6S. The van der Waals surface area contributed by atoms with Crippen molar-refractivity contribution in [3.8, 4) is 11.5 Å². The number of nitrogens with one attached hydrogen (secondary N) is 2. The molecule has 2 N–H and O–H groups in total. The first-order valence-electron chi connectivity index (χ1n) is 13.4. The highest BCUT2D eigenvalue weighted by Crippen LogP contribution is 2.40. The van der Waals surface area contributed by atoms with Gasteiger partial charge in [-0.25, -0.2) is 10.2 Å².